The highest BCUT2D eigenvalue weighted by Gasteiger charge is 2.40. The summed E-state index contributed by atoms with van der Waals surface area (Å²) < 4.78 is 0. The molecule has 3 aliphatic rings. The summed E-state index contributed by atoms with van der Waals surface area (Å²) in [5.74, 6) is 2.92. The van der Waals surface area contributed by atoms with Crippen molar-refractivity contribution >= 4 is 23.4 Å². The number of piperidine rings is 2. The van der Waals surface area contributed by atoms with E-state index < -0.39 is 0 Å². The van der Waals surface area contributed by atoms with Crippen molar-refractivity contribution < 1.29 is 5.11 Å². The average Bonchev–Trinajstić information content (AvgIpc) is 3.31. The van der Waals surface area contributed by atoms with Crippen LogP contribution in [-0.4, -0.2) is 74.0 Å². The smallest absolute Gasteiger partial charge is 0.226 e. The Kier molecular flexibility index (Phi) is 6.33. The number of rotatable bonds is 7. The van der Waals surface area contributed by atoms with Crippen molar-refractivity contribution in [2.45, 2.75) is 76.1 Å². The Labute approximate surface area is 194 Å². The fourth-order valence-electron chi connectivity index (χ4n) is 5.55. The number of aromatic nitrogens is 4. The van der Waals surface area contributed by atoms with Gasteiger partial charge in [-0.3, -0.25) is 10.00 Å². The van der Waals surface area contributed by atoms with Crippen LogP contribution in [-0.2, 0) is 0 Å². The van der Waals surface area contributed by atoms with Crippen LogP contribution in [0, 0.1) is 18.3 Å². The predicted octanol–water partition coefficient (Wildman–Crippen LogP) is 2.53. The van der Waals surface area contributed by atoms with E-state index in [0.29, 0.717) is 36.3 Å². The maximum atomic E-state index is 9.91. The van der Waals surface area contributed by atoms with Gasteiger partial charge in [0, 0.05) is 62.0 Å². The Morgan fingerprint density at radius 2 is 1.88 bits per heavy atom. The zero-order valence-electron chi connectivity index (χ0n) is 19.2. The van der Waals surface area contributed by atoms with Crippen LogP contribution < -0.4 is 15.5 Å². The summed E-state index contributed by atoms with van der Waals surface area (Å²) in [5.41, 5.74) is 0.980. The third kappa shape index (κ3) is 5.04. The average molecular weight is 452 g/mol. The minimum atomic E-state index is -0.230. The van der Waals surface area contributed by atoms with Gasteiger partial charge in [0.2, 0.25) is 5.95 Å². The van der Waals surface area contributed by atoms with Crippen LogP contribution in [0.4, 0.5) is 23.4 Å². The molecule has 0 amide bonds. The van der Waals surface area contributed by atoms with Crippen LogP contribution in [0.1, 0.15) is 50.6 Å². The minimum Gasteiger partial charge on any atom is -0.393 e. The molecule has 0 aliphatic carbocycles. The molecule has 5 rings (SSSR count). The predicted molar refractivity (Wildman–Crippen MR) is 126 cm³/mol. The molecule has 10 heteroatoms. The number of aromatic amines is 1. The second-order valence-electron chi connectivity index (χ2n) is 9.56. The summed E-state index contributed by atoms with van der Waals surface area (Å²) in [7, 11) is 0. The Hall–Kier alpha value is -2.90. The first-order chi connectivity index (χ1) is 16.1. The van der Waals surface area contributed by atoms with Gasteiger partial charge in [-0.15, -0.1) is 0 Å². The number of fused-ring (bicyclic) bond motifs is 2. The van der Waals surface area contributed by atoms with E-state index in [1.165, 1.54) is 12.8 Å². The summed E-state index contributed by atoms with van der Waals surface area (Å²) >= 11 is 0. The molecule has 10 nitrogen and oxygen atoms in total. The summed E-state index contributed by atoms with van der Waals surface area (Å²) in [4.78, 5) is 14.4. The van der Waals surface area contributed by atoms with Crippen LogP contribution in [0.2, 0.25) is 0 Å². The third-order valence-corrected chi connectivity index (χ3v) is 7.16. The van der Waals surface area contributed by atoms with Gasteiger partial charge in [0.15, 0.2) is 5.82 Å². The summed E-state index contributed by atoms with van der Waals surface area (Å²) in [5, 5.41) is 33.0. The van der Waals surface area contributed by atoms with E-state index in [1.54, 1.807) is 0 Å². The Morgan fingerprint density at radius 1 is 1.12 bits per heavy atom. The number of aryl methyl sites for hydroxylation is 1. The number of hydrogen-bond donors (Lipinski definition) is 4. The van der Waals surface area contributed by atoms with Crippen molar-refractivity contribution in [2.75, 3.05) is 35.2 Å². The van der Waals surface area contributed by atoms with Gasteiger partial charge >= 0.3 is 0 Å². The van der Waals surface area contributed by atoms with Crippen molar-refractivity contribution in [3.8, 4) is 6.07 Å². The van der Waals surface area contributed by atoms with E-state index in [0.717, 1.165) is 62.6 Å². The van der Waals surface area contributed by atoms with Gasteiger partial charge in [-0.2, -0.15) is 20.3 Å². The van der Waals surface area contributed by atoms with Crippen LogP contribution >= 0.6 is 0 Å². The molecule has 3 fully saturated rings. The molecule has 0 spiro atoms. The van der Waals surface area contributed by atoms with E-state index in [9.17, 15) is 5.11 Å². The molecule has 4 N–H and O–H groups in total. The molecule has 0 unspecified atom stereocenters. The molecule has 3 saturated heterocycles. The van der Waals surface area contributed by atoms with Crippen LogP contribution in [0.15, 0.2) is 12.1 Å². The highest BCUT2D eigenvalue weighted by atomic mass is 16.3. The minimum absolute atomic E-state index is 0.230. The number of aliphatic hydroxyl groups is 1. The number of hydrogen-bond acceptors (Lipinski definition) is 9. The Balaban J connectivity index is 1.33. The first-order valence-corrected chi connectivity index (χ1v) is 12.1. The SMILES string of the molecule is Cc1cc(Nc2cc(N3CCC(O)CC3)nc(N[C@@H]3C[C@H]4CC[C@@H](C3)N4CCC#N)n2)n[nH]1. The van der Waals surface area contributed by atoms with Gasteiger partial charge in [0.05, 0.1) is 12.2 Å². The van der Waals surface area contributed by atoms with E-state index in [2.05, 4.69) is 36.7 Å². The first-order valence-electron chi connectivity index (χ1n) is 12.1. The van der Waals surface area contributed by atoms with Crippen molar-refractivity contribution in [2.24, 2.45) is 0 Å². The third-order valence-electron chi connectivity index (χ3n) is 7.16. The molecule has 0 aromatic carbocycles. The topological polar surface area (TPSA) is 129 Å². The van der Waals surface area contributed by atoms with Gasteiger partial charge in [-0.05, 0) is 45.4 Å². The molecule has 176 valence electrons. The van der Waals surface area contributed by atoms with Crippen LogP contribution in [0.5, 0.6) is 0 Å². The number of nitriles is 1. The molecule has 33 heavy (non-hydrogen) atoms. The standard InChI is InChI=1S/C23H33N9O/c1-15-11-21(30-29-15)26-20-14-22(31-9-5-19(33)6-10-31)28-23(27-20)25-16-12-17-3-4-18(13-16)32(17)8-2-7-24/h11,14,16-19,33H,2-6,8-10,12-13H2,1H3,(H3,25,26,27,28,29,30)/t16-,17-,18+. The highest BCUT2D eigenvalue weighted by molar-refractivity contribution is 5.60. The maximum absolute atomic E-state index is 9.91. The monoisotopic (exact) mass is 451 g/mol. The number of aliphatic hydroxyl groups excluding tert-OH is 1. The van der Waals surface area contributed by atoms with Crippen molar-refractivity contribution in [3.63, 3.8) is 0 Å². The zero-order chi connectivity index (χ0) is 22.8. The molecule has 0 radical (unpaired) electrons. The molecule has 2 bridgehead atoms. The Bertz CT molecular complexity index is 980. The largest absolute Gasteiger partial charge is 0.393 e. The quantitative estimate of drug-likeness (QED) is 0.502. The van der Waals surface area contributed by atoms with Crippen LogP contribution in [0.3, 0.4) is 0 Å². The van der Waals surface area contributed by atoms with E-state index in [4.69, 9.17) is 15.2 Å². The Morgan fingerprint density at radius 3 is 2.55 bits per heavy atom. The zero-order valence-corrected chi connectivity index (χ0v) is 19.2. The lowest BCUT2D eigenvalue weighted by Gasteiger charge is -2.39. The van der Waals surface area contributed by atoms with E-state index in [1.807, 2.05) is 19.1 Å². The number of nitrogens with one attached hydrogen (secondary N) is 3. The lowest BCUT2D eigenvalue weighted by Crippen LogP contribution is -2.47. The summed E-state index contributed by atoms with van der Waals surface area (Å²) in [6, 6.07) is 7.58. The molecule has 2 aromatic rings. The summed E-state index contributed by atoms with van der Waals surface area (Å²) in [6.07, 6.45) is 6.37. The molecular weight excluding hydrogens is 418 g/mol. The summed E-state index contributed by atoms with van der Waals surface area (Å²) in [6.45, 7) is 4.40. The van der Waals surface area contributed by atoms with Gasteiger partial charge < -0.3 is 20.6 Å². The number of anilines is 4. The molecule has 3 aliphatic heterocycles. The second kappa shape index (κ2) is 9.53. The van der Waals surface area contributed by atoms with E-state index >= 15 is 0 Å². The van der Waals surface area contributed by atoms with Gasteiger partial charge in [0.25, 0.3) is 0 Å². The van der Waals surface area contributed by atoms with Crippen molar-refractivity contribution in [1.82, 2.24) is 25.1 Å². The lowest BCUT2D eigenvalue weighted by molar-refractivity contribution is 0.135. The van der Waals surface area contributed by atoms with E-state index in [-0.39, 0.29) is 6.10 Å². The molecular formula is C23H33N9O. The highest BCUT2D eigenvalue weighted by Crippen LogP contribution is 2.37. The number of H-pyrrole nitrogens is 1. The molecule has 0 saturated carbocycles. The van der Waals surface area contributed by atoms with Gasteiger partial charge in [-0.1, -0.05) is 0 Å². The molecule has 3 atom stereocenters. The second-order valence-corrected chi connectivity index (χ2v) is 9.56. The molecule has 2 aromatic heterocycles. The first kappa shape index (κ1) is 21.9. The lowest BCUT2D eigenvalue weighted by atomic mass is 9.97. The van der Waals surface area contributed by atoms with Crippen molar-refractivity contribution in [1.29, 1.82) is 5.26 Å². The molecule has 5 heterocycles. The number of nitrogens with zero attached hydrogens (tertiary/aromatic N) is 6. The maximum Gasteiger partial charge on any atom is 0.226 e. The van der Waals surface area contributed by atoms with Crippen LogP contribution in [0.25, 0.3) is 0 Å². The normalized spacial score (nSPS) is 25.7. The van der Waals surface area contributed by atoms with Gasteiger partial charge in [0.1, 0.15) is 11.6 Å². The fourth-order valence-corrected chi connectivity index (χ4v) is 5.55. The van der Waals surface area contributed by atoms with Gasteiger partial charge in [-0.25, -0.2) is 0 Å². The fraction of sp³-hybridized carbons (Fsp3) is 0.652. The van der Waals surface area contributed by atoms with Crippen molar-refractivity contribution in [3.05, 3.63) is 17.8 Å².